The van der Waals surface area contributed by atoms with Crippen molar-refractivity contribution in [2.24, 2.45) is 4.58 Å². The Morgan fingerprint density at radius 2 is 1.78 bits per heavy atom. The Kier molecular flexibility index (Phi) is 6.34. The molecule has 1 aliphatic rings. The zero-order valence-corrected chi connectivity index (χ0v) is 18.2. The van der Waals surface area contributed by atoms with E-state index < -0.39 is 11.1 Å². The van der Waals surface area contributed by atoms with Crippen LogP contribution in [0.4, 0.5) is 0 Å². The van der Waals surface area contributed by atoms with E-state index in [0.717, 1.165) is 39.8 Å². The number of rotatable bonds is 6. The van der Waals surface area contributed by atoms with Crippen LogP contribution in [0, 0.1) is 10.1 Å². The average Bonchev–Trinajstić information content (AvgIpc) is 3.03. The molecule has 27 heavy (non-hydrogen) atoms. The van der Waals surface area contributed by atoms with Crippen LogP contribution in [0.5, 0.6) is 0 Å². The summed E-state index contributed by atoms with van der Waals surface area (Å²) in [6.45, 7) is 12.6. The molecule has 2 heterocycles. The molecule has 2 N–H and O–H groups in total. The van der Waals surface area contributed by atoms with Crippen LogP contribution >= 0.6 is 24.4 Å². The molecule has 0 amide bonds. The van der Waals surface area contributed by atoms with Gasteiger partial charge in [0.2, 0.25) is 0 Å². The van der Waals surface area contributed by atoms with E-state index in [1.807, 2.05) is 39.8 Å². The van der Waals surface area contributed by atoms with E-state index in [1.54, 1.807) is 0 Å². The smallest absolute Gasteiger partial charge is 0.134 e. The van der Waals surface area contributed by atoms with Gasteiger partial charge in [-0.1, -0.05) is 13.8 Å². The summed E-state index contributed by atoms with van der Waals surface area (Å²) < 4.78 is 9.07. The van der Waals surface area contributed by atoms with Crippen molar-refractivity contribution in [2.45, 2.75) is 63.9 Å². The van der Waals surface area contributed by atoms with Gasteiger partial charge in [0.1, 0.15) is 27.7 Å². The SMILES string of the molecule is CC(C)NCC(SN=O)c1cc2cc3c(cc2o1)C(C)(C)[NH+]([O-])C3(C)C.Cl. The van der Waals surface area contributed by atoms with Gasteiger partial charge in [-0.2, -0.15) is 0 Å². The van der Waals surface area contributed by atoms with Crippen molar-refractivity contribution < 1.29 is 9.48 Å². The summed E-state index contributed by atoms with van der Waals surface area (Å²) >= 11 is 0.974. The maximum atomic E-state index is 12.8. The first-order valence-electron chi connectivity index (χ1n) is 8.94. The monoisotopic (exact) mass is 413 g/mol. The van der Waals surface area contributed by atoms with Crippen LogP contribution in [0.3, 0.4) is 0 Å². The number of fused-ring (bicyclic) bond motifs is 2. The number of nitroso groups, excluding NO2 is 1. The van der Waals surface area contributed by atoms with Gasteiger partial charge in [-0.3, -0.25) is 0 Å². The summed E-state index contributed by atoms with van der Waals surface area (Å²) in [4.78, 5) is 10.8. The second-order valence-electron chi connectivity index (χ2n) is 8.40. The van der Waals surface area contributed by atoms with E-state index in [4.69, 9.17) is 4.42 Å². The number of halogens is 1. The third-order valence-electron chi connectivity index (χ3n) is 5.36. The summed E-state index contributed by atoms with van der Waals surface area (Å²) in [6, 6.07) is 6.33. The minimum Gasteiger partial charge on any atom is -0.633 e. The first kappa shape index (κ1) is 22.2. The molecule has 0 radical (unpaired) electrons. The van der Waals surface area contributed by atoms with Gasteiger partial charge in [0.05, 0.1) is 0 Å². The van der Waals surface area contributed by atoms with Crippen molar-refractivity contribution in [1.29, 1.82) is 0 Å². The summed E-state index contributed by atoms with van der Waals surface area (Å²) in [5.41, 5.74) is 1.79. The summed E-state index contributed by atoms with van der Waals surface area (Å²) in [5.74, 6) is 0.725. The lowest BCUT2D eigenvalue weighted by molar-refractivity contribution is -0.955. The van der Waals surface area contributed by atoms with Gasteiger partial charge in [-0.15, -0.1) is 17.3 Å². The molecule has 0 saturated carbocycles. The summed E-state index contributed by atoms with van der Waals surface area (Å²) in [6.07, 6.45) is 0. The molecule has 0 aliphatic carbocycles. The molecule has 0 bridgehead atoms. The van der Waals surface area contributed by atoms with Gasteiger partial charge in [0.25, 0.3) is 0 Å². The lowest BCUT2D eigenvalue weighted by Crippen LogP contribution is -3.17. The molecule has 1 aromatic carbocycles. The van der Waals surface area contributed by atoms with Crippen LogP contribution in [-0.2, 0) is 11.1 Å². The van der Waals surface area contributed by atoms with E-state index in [9.17, 15) is 10.1 Å². The molecule has 2 atom stereocenters. The zero-order chi connectivity index (χ0) is 19.3. The Labute approximate surface area is 170 Å². The fourth-order valence-corrected chi connectivity index (χ4v) is 4.41. The first-order chi connectivity index (χ1) is 12.1. The molecule has 2 unspecified atom stereocenters. The maximum absolute atomic E-state index is 12.8. The average molecular weight is 414 g/mol. The summed E-state index contributed by atoms with van der Waals surface area (Å²) in [7, 11) is 0. The zero-order valence-electron chi connectivity index (χ0n) is 16.6. The Bertz CT molecular complexity index is 782. The topological polar surface area (TPSA) is 82.1 Å². The lowest BCUT2D eigenvalue weighted by atomic mass is 9.90. The van der Waals surface area contributed by atoms with Crippen molar-refractivity contribution >= 4 is 35.3 Å². The highest BCUT2D eigenvalue weighted by Crippen LogP contribution is 2.41. The normalized spacial score (nSPS) is 21.1. The molecule has 0 spiro atoms. The van der Waals surface area contributed by atoms with Crippen molar-refractivity contribution in [3.8, 4) is 0 Å². The highest BCUT2D eigenvalue weighted by atomic mass is 35.5. The van der Waals surface area contributed by atoms with Crippen LogP contribution < -0.4 is 10.4 Å². The Balaban J connectivity index is 0.00000261. The molecular weight excluding hydrogens is 386 g/mol. The number of quaternary nitrogens is 1. The highest BCUT2D eigenvalue weighted by Gasteiger charge is 2.49. The number of hydroxylamine groups is 2. The minimum atomic E-state index is -0.530. The van der Waals surface area contributed by atoms with E-state index in [2.05, 4.69) is 29.8 Å². The molecule has 1 aromatic heterocycles. The number of benzene rings is 1. The number of furan rings is 1. The highest BCUT2D eigenvalue weighted by molar-refractivity contribution is 7.98. The molecule has 8 heteroatoms. The maximum Gasteiger partial charge on any atom is 0.134 e. The van der Waals surface area contributed by atoms with Crippen LogP contribution in [0.15, 0.2) is 27.2 Å². The lowest BCUT2D eigenvalue weighted by Gasteiger charge is -2.40. The molecule has 6 nitrogen and oxygen atoms in total. The van der Waals surface area contributed by atoms with E-state index >= 15 is 0 Å². The molecule has 150 valence electrons. The standard InChI is InChI=1S/C19H27N3O3S.ClH/c1-11(2)20-10-17(26-21-23)16-8-12-7-13-14(9-15(12)25-16)19(5,6)22(24)18(13,3)4;/h7-9,11,17,20,22H,10H2,1-6H3;1H. The molecule has 2 aromatic rings. The van der Waals surface area contributed by atoms with Crippen LogP contribution in [0.25, 0.3) is 11.0 Å². The second kappa shape index (κ2) is 7.72. The van der Waals surface area contributed by atoms with Crippen molar-refractivity contribution in [2.75, 3.05) is 6.54 Å². The van der Waals surface area contributed by atoms with Gasteiger partial charge >= 0.3 is 0 Å². The third-order valence-corrected chi connectivity index (χ3v) is 6.10. The van der Waals surface area contributed by atoms with E-state index in [1.165, 1.54) is 0 Å². The van der Waals surface area contributed by atoms with Crippen molar-refractivity contribution in [3.05, 3.63) is 45.2 Å². The van der Waals surface area contributed by atoms with E-state index in [-0.39, 0.29) is 22.7 Å². The Morgan fingerprint density at radius 1 is 1.19 bits per heavy atom. The van der Waals surface area contributed by atoms with Gasteiger partial charge in [0.15, 0.2) is 0 Å². The quantitative estimate of drug-likeness (QED) is 0.422. The Morgan fingerprint density at radius 3 is 2.33 bits per heavy atom. The van der Waals surface area contributed by atoms with E-state index in [0.29, 0.717) is 12.6 Å². The predicted molar refractivity (Wildman–Crippen MR) is 113 cm³/mol. The summed E-state index contributed by atoms with van der Waals surface area (Å²) in [5, 5.41) is 17.2. The molecule has 1 aliphatic heterocycles. The van der Waals surface area contributed by atoms with Gasteiger partial charge < -0.3 is 20.0 Å². The number of hydrogen-bond acceptors (Lipinski definition) is 6. The second-order valence-corrected chi connectivity index (χ2v) is 9.32. The largest absolute Gasteiger partial charge is 0.633 e. The molecule has 0 fully saturated rings. The number of nitrogens with zero attached hydrogens (tertiary/aromatic N) is 1. The number of nitrogens with one attached hydrogen (secondary N) is 2. The third kappa shape index (κ3) is 3.76. The molecule has 0 saturated heterocycles. The van der Waals surface area contributed by atoms with Gasteiger partial charge in [0, 0.05) is 45.6 Å². The minimum absolute atomic E-state index is 0. The molecule has 3 rings (SSSR count). The first-order valence-corrected chi connectivity index (χ1v) is 9.78. The molecular formula is C19H28ClN3O3S. The predicted octanol–water partition coefficient (Wildman–Crippen LogP) is 4.17. The van der Waals surface area contributed by atoms with Gasteiger partial charge in [-0.05, 0) is 45.9 Å². The number of hydrogen-bond donors (Lipinski definition) is 2. The van der Waals surface area contributed by atoms with Crippen LogP contribution in [0.1, 0.15) is 63.7 Å². The van der Waals surface area contributed by atoms with Crippen molar-refractivity contribution in [1.82, 2.24) is 5.32 Å². The van der Waals surface area contributed by atoms with Crippen molar-refractivity contribution in [3.63, 3.8) is 0 Å². The fraction of sp³-hybridized carbons (Fsp3) is 0.579. The van der Waals surface area contributed by atoms with Gasteiger partial charge in [-0.25, -0.2) is 0 Å². The fourth-order valence-electron chi connectivity index (χ4n) is 3.91. The van der Waals surface area contributed by atoms with Crippen LogP contribution in [0.2, 0.25) is 0 Å². The van der Waals surface area contributed by atoms with Crippen LogP contribution in [-0.4, -0.2) is 12.6 Å². The Hall–Kier alpha value is -1.12.